The fourth-order valence-electron chi connectivity index (χ4n) is 8.69. The van der Waals surface area contributed by atoms with Crippen LogP contribution in [0.25, 0.3) is 45.0 Å². The van der Waals surface area contributed by atoms with E-state index in [9.17, 15) is 26.3 Å². The second kappa shape index (κ2) is 19.1. The van der Waals surface area contributed by atoms with Crippen molar-refractivity contribution in [2.45, 2.75) is 121 Å². The van der Waals surface area contributed by atoms with E-state index >= 15 is 0 Å². The van der Waals surface area contributed by atoms with Crippen LogP contribution in [0.15, 0.2) is 73.6 Å². The lowest BCUT2D eigenvalue weighted by Gasteiger charge is -2.30. The molecule has 2 aromatic carbocycles. The maximum Gasteiger partial charge on any atom is 0.419 e. The second-order valence-electron chi connectivity index (χ2n) is 16.5. The Morgan fingerprint density at radius 2 is 1.02 bits per heavy atom. The van der Waals surface area contributed by atoms with Crippen LogP contribution in [0, 0.1) is 17.5 Å². The van der Waals surface area contributed by atoms with E-state index in [1.54, 1.807) is 24.5 Å². The van der Waals surface area contributed by atoms with Crippen molar-refractivity contribution in [3.05, 3.63) is 108 Å². The van der Waals surface area contributed by atoms with Gasteiger partial charge in [-0.15, -0.1) is 0 Å². The highest BCUT2D eigenvalue weighted by Crippen LogP contribution is 2.43. The molecule has 2 saturated carbocycles. The molecule has 0 saturated heterocycles. The highest BCUT2D eigenvalue weighted by Gasteiger charge is 2.36. The quantitative estimate of drug-likeness (QED) is 0.100. The number of halogens is 6. The smallest absolute Gasteiger partial charge is 0.312 e. The summed E-state index contributed by atoms with van der Waals surface area (Å²) >= 11 is 0. The third-order valence-electron chi connectivity index (χ3n) is 11.4. The van der Waals surface area contributed by atoms with Gasteiger partial charge in [0.15, 0.2) is 11.6 Å². The molecule has 2 aliphatic rings. The van der Waals surface area contributed by atoms with Gasteiger partial charge in [0.2, 0.25) is 0 Å². The van der Waals surface area contributed by atoms with Crippen LogP contribution in [-0.2, 0) is 6.18 Å². The maximum atomic E-state index is 13.9. The first-order valence-corrected chi connectivity index (χ1v) is 20.8. The molecule has 4 N–H and O–H groups in total. The van der Waals surface area contributed by atoms with E-state index < -0.39 is 29.2 Å². The monoisotopic (exact) mass is 844 g/mol. The normalized spacial score (nSPS) is 19.5. The van der Waals surface area contributed by atoms with Crippen LogP contribution in [0.5, 0.6) is 0 Å². The SMILES string of the molecule is CC(C)NC1CCC(c2[nH]nc(-c3ccc(F)c(C(F)(F)F)c3)c2-c2ccncn2)CC1.CC(C)NC1CCC(c2[nH]nc(-c3ccc(F)c(F)c3)c2-c2ccncn2)CC1. The van der Waals surface area contributed by atoms with Crippen molar-refractivity contribution in [3.63, 3.8) is 0 Å². The van der Waals surface area contributed by atoms with E-state index in [0.29, 0.717) is 58.3 Å². The van der Waals surface area contributed by atoms with Crippen LogP contribution in [0.1, 0.15) is 108 Å². The molecular weight excluding hydrogens is 795 g/mol. The highest BCUT2D eigenvalue weighted by molar-refractivity contribution is 5.82. The number of nitrogens with zero attached hydrogens (tertiary/aromatic N) is 6. The van der Waals surface area contributed by atoms with Gasteiger partial charge in [0, 0.05) is 82.0 Å². The lowest BCUT2D eigenvalue weighted by Crippen LogP contribution is -2.37. The molecule has 0 aliphatic heterocycles. The molecule has 16 heteroatoms. The van der Waals surface area contributed by atoms with Gasteiger partial charge in [-0.05, 0) is 99.9 Å². The summed E-state index contributed by atoms with van der Waals surface area (Å²) in [6, 6.07) is 12.2. The van der Waals surface area contributed by atoms with E-state index in [1.807, 2.05) is 6.07 Å². The molecule has 6 aromatic rings. The van der Waals surface area contributed by atoms with E-state index in [4.69, 9.17) is 0 Å². The Bertz CT molecular complexity index is 2350. The Hall–Kier alpha value is -5.48. The molecule has 0 unspecified atom stereocenters. The molecule has 10 nitrogen and oxygen atoms in total. The summed E-state index contributed by atoms with van der Waals surface area (Å²) in [6.45, 7) is 8.58. The minimum absolute atomic E-state index is 0.175. The van der Waals surface area contributed by atoms with E-state index in [2.05, 4.69) is 78.7 Å². The summed E-state index contributed by atoms with van der Waals surface area (Å²) in [5.74, 6) is -2.58. The third-order valence-corrected chi connectivity index (χ3v) is 11.4. The molecule has 4 aromatic heterocycles. The van der Waals surface area contributed by atoms with Crippen molar-refractivity contribution in [1.82, 2.24) is 51.0 Å². The van der Waals surface area contributed by atoms with Gasteiger partial charge >= 0.3 is 6.18 Å². The number of hydrogen-bond acceptors (Lipinski definition) is 8. The maximum absolute atomic E-state index is 13.9. The predicted molar refractivity (Wildman–Crippen MR) is 222 cm³/mol. The van der Waals surface area contributed by atoms with E-state index in [-0.39, 0.29) is 11.5 Å². The first-order chi connectivity index (χ1) is 29.3. The number of hydrogen-bond donors (Lipinski definition) is 4. The molecule has 0 atom stereocenters. The minimum Gasteiger partial charge on any atom is -0.312 e. The molecule has 61 heavy (non-hydrogen) atoms. The lowest BCUT2D eigenvalue weighted by atomic mass is 9.81. The Morgan fingerprint density at radius 3 is 1.41 bits per heavy atom. The Kier molecular flexibility index (Phi) is 13.6. The zero-order chi connectivity index (χ0) is 43.3. The zero-order valence-electron chi connectivity index (χ0n) is 34.5. The molecule has 0 amide bonds. The van der Waals surface area contributed by atoms with Crippen molar-refractivity contribution in [2.24, 2.45) is 0 Å². The average molecular weight is 845 g/mol. The first-order valence-electron chi connectivity index (χ1n) is 20.8. The first kappa shape index (κ1) is 43.6. The number of nitrogens with one attached hydrogen (secondary N) is 4. The summed E-state index contributed by atoms with van der Waals surface area (Å²) in [6.07, 6.45) is 9.41. The summed E-state index contributed by atoms with van der Waals surface area (Å²) in [7, 11) is 0. The molecule has 0 bridgehead atoms. The van der Waals surface area contributed by atoms with Crippen LogP contribution in [0.3, 0.4) is 0 Å². The zero-order valence-corrected chi connectivity index (χ0v) is 34.5. The van der Waals surface area contributed by atoms with E-state index in [1.165, 1.54) is 24.8 Å². The molecule has 2 fully saturated rings. The van der Waals surface area contributed by atoms with Gasteiger partial charge in [0.1, 0.15) is 29.9 Å². The molecule has 8 rings (SSSR count). The highest BCUT2D eigenvalue weighted by atomic mass is 19.4. The number of rotatable bonds is 10. The summed E-state index contributed by atoms with van der Waals surface area (Å²) in [4.78, 5) is 16.7. The fraction of sp³-hybridized carbons (Fsp3) is 0.422. The molecule has 2 aliphatic carbocycles. The predicted octanol–water partition coefficient (Wildman–Crippen LogP) is 10.6. The lowest BCUT2D eigenvalue weighted by molar-refractivity contribution is -0.139. The Balaban J connectivity index is 0.000000185. The van der Waals surface area contributed by atoms with Crippen LogP contribution >= 0.6 is 0 Å². The van der Waals surface area contributed by atoms with Crippen LogP contribution < -0.4 is 10.6 Å². The summed E-state index contributed by atoms with van der Waals surface area (Å²) in [5, 5.41) is 22.3. The number of benzene rings is 2. The number of aromatic amines is 2. The van der Waals surface area contributed by atoms with Gasteiger partial charge in [-0.25, -0.2) is 33.1 Å². The number of aromatic nitrogens is 8. The van der Waals surface area contributed by atoms with Crippen molar-refractivity contribution >= 4 is 0 Å². The van der Waals surface area contributed by atoms with Crippen molar-refractivity contribution < 1.29 is 26.3 Å². The van der Waals surface area contributed by atoms with Crippen LogP contribution in [-0.4, -0.2) is 64.5 Å². The van der Waals surface area contributed by atoms with Gasteiger partial charge in [-0.1, -0.05) is 27.7 Å². The van der Waals surface area contributed by atoms with Crippen molar-refractivity contribution in [2.75, 3.05) is 0 Å². The molecule has 322 valence electrons. The topological polar surface area (TPSA) is 133 Å². The fourth-order valence-corrected chi connectivity index (χ4v) is 8.69. The largest absolute Gasteiger partial charge is 0.419 e. The van der Waals surface area contributed by atoms with Gasteiger partial charge < -0.3 is 10.6 Å². The Labute approximate surface area is 350 Å². The molecule has 4 heterocycles. The summed E-state index contributed by atoms with van der Waals surface area (Å²) in [5.41, 5.74) is 4.95. The van der Waals surface area contributed by atoms with Crippen LogP contribution in [0.2, 0.25) is 0 Å². The van der Waals surface area contributed by atoms with Gasteiger partial charge in [0.25, 0.3) is 0 Å². The standard InChI is InChI=1S/C23H25F4N5.C22H25F2N5/c1-13(2)30-16-6-3-14(4-7-16)21-20(19-9-10-28-12-29-19)22(32-31-21)15-5-8-18(24)17(11-15)23(25,26)27;1-13(2)27-16-6-3-14(4-7-16)21-20(19-9-10-25-12-26-19)22(29-28-21)15-5-8-17(23)18(24)11-15/h5,8-14,16,30H,3-4,6-7H2,1-2H3,(H,31,32);5,8-14,16,27H,3-4,6-7H2,1-2H3,(H,28,29). The van der Waals surface area contributed by atoms with E-state index in [0.717, 1.165) is 92.2 Å². The van der Waals surface area contributed by atoms with Crippen molar-refractivity contribution in [1.29, 1.82) is 0 Å². The number of H-pyrrole nitrogens is 2. The second-order valence-corrected chi connectivity index (χ2v) is 16.5. The van der Waals surface area contributed by atoms with Crippen LogP contribution in [0.4, 0.5) is 26.3 Å². The molecule has 0 spiro atoms. The molecular formula is C45H50F6N10. The molecule has 0 radical (unpaired) electrons. The average Bonchev–Trinajstić information content (AvgIpc) is 3.89. The van der Waals surface area contributed by atoms with Crippen molar-refractivity contribution in [3.8, 4) is 45.0 Å². The number of alkyl halides is 3. The van der Waals surface area contributed by atoms with Gasteiger partial charge in [0.05, 0.1) is 17.0 Å². The van der Waals surface area contributed by atoms with Gasteiger partial charge in [-0.3, -0.25) is 10.2 Å². The van der Waals surface area contributed by atoms with Gasteiger partial charge in [-0.2, -0.15) is 23.4 Å². The summed E-state index contributed by atoms with van der Waals surface area (Å²) < 4.78 is 81.0. The Morgan fingerprint density at radius 1 is 0.574 bits per heavy atom. The third kappa shape index (κ3) is 10.4. The minimum atomic E-state index is -4.80.